The second-order valence-corrected chi connectivity index (χ2v) is 8.69. The molecule has 0 saturated heterocycles. The van der Waals surface area contributed by atoms with Gasteiger partial charge in [0.1, 0.15) is 12.4 Å². The molecule has 1 heterocycles. The van der Waals surface area contributed by atoms with Gasteiger partial charge in [-0.25, -0.2) is 18.5 Å². The molecule has 0 aliphatic rings. The summed E-state index contributed by atoms with van der Waals surface area (Å²) in [6, 6.07) is 11.6. The van der Waals surface area contributed by atoms with Gasteiger partial charge in [0.05, 0.1) is 22.3 Å². The predicted octanol–water partition coefficient (Wildman–Crippen LogP) is 3.42. The summed E-state index contributed by atoms with van der Waals surface area (Å²) in [4.78, 5) is 16.7. The number of hydrogen-bond acceptors (Lipinski definition) is 5. The van der Waals surface area contributed by atoms with Gasteiger partial charge in [0, 0.05) is 11.6 Å². The fraction of sp³-hybridized carbons (Fsp3) is 0.300. The first kappa shape index (κ1) is 21.3. The van der Waals surface area contributed by atoms with E-state index >= 15 is 0 Å². The van der Waals surface area contributed by atoms with E-state index in [1.807, 2.05) is 4.57 Å². The van der Waals surface area contributed by atoms with Gasteiger partial charge < -0.3 is 9.30 Å². The summed E-state index contributed by atoms with van der Waals surface area (Å²) >= 11 is 5.85. The summed E-state index contributed by atoms with van der Waals surface area (Å²) in [5.41, 5.74) is 2.07. The molecule has 0 saturated carbocycles. The molecule has 0 fully saturated rings. The smallest absolute Gasteiger partial charge is 0.310 e. The maximum atomic E-state index is 12.2. The summed E-state index contributed by atoms with van der Waals surface area (Å²) < 4.78 is 30.6. The molecule has 0 aliphatic heterocycles. The fourth-order valence-electron chi connectivity index (χ4n) is 2.98. The molecule has 0 unspecified atom stereocenters. The maximum absolute atomic E-state index is 12.2. The largest absolute Gasteiger partial charge is 0.457 e. The van der Waals surface area contributed by atoms with Gasteiger partial charge in [-0.1, -0.05) is 37.1 Å². The van der Waals surface area contributed by atoms with Crippen LogP contribution in [0.2, 0.25) is 5.02 Å². The van der Waals surface area contributed by atoms with E-state index in [-0.39, 0.29) is 23.9 Å². The minimum absolute atomic E-state index is 0.00331. The number of ether oxygens (including phenoxy) is 1. The molecule has 0 atom stereocenters. The highest BCUT2D eigenvalue weighted by Crippen LogP contribution is 2.21. The van der Waals surface area contributed by atoms with E-state index in [0.29, 0.717) is 22.9 Å². The number of nitrogens with two attached hydrogens (primary N) is 1. The fourth-order valence-corrected chi connectivity index (χ4v) is 3.64. The molecule has 9 heteroatoms. The number of carbonyl (C=O) groups is 1. The average Bonchev–Trinajstić information content (AvgIpc) is 3.02. The van der Waals surface area contributed by atoms with Crippen LogP contribution in [0.25, 0.3) is 11.0 Å². The molecule has 3 rings (SSSR count). The molecule has 0 spiro atoms. The quantitative estimate of drug-likeness (QED) is 0.546. The van der Waals surface area contributed by atoms with Crippen molar-refractivity contribution in [2.75, 3.05) is 0 Å². The third-order valence-electron chi connectivity index (χ3n) is 4.49. The van der Waals surface area contributed by atoms with Gasteiger partial charge in [-0.3, -0.25) is 4.79 Å². The van der Waals surface area contributed by atoms with Crippen molar-refractivity contribution in [2.24, 2.45) is 5.14 Å². The molecule has 154 valence electrons. The monoisotopic (exact) mass is 435 g/mol. The van der Waals surface area contributed by atoms with Gasteiger partial charge in [0.25, 0.3) is 0 Å². The highest BCUT2D eigenvalue weighted by molar-refractivity contribution is 7.89. The predicted molar refractivity (Wildman–Crippen MR) is 111 cm³/mol. The Kier molecular flexibility index (Phi) is 6.56. The van der Waals surface area contributed by atoms with E-state index in [2.05, 4.69) is 11.9 Å². The van der Waals surface area contributed by atoms with Crippen molar-refractivity contribution in [3.05, 3.63) is 58.9 Å². The molecule has 2 aromatic carbocycles. The Hall–Kier alpha value is -2.42. The Balaban J connectivity index is 1.80. The van der Waals surface area contributed by atoms with Crippen molar-refractivity contribution < 1.29 is 17.9 Å². The Morgan fingerprint density at radius 2 is 1.93 bits per heavy atom. The third kappa shape index (κ3) is 5.35. The molecule has 0 radical (unpaired) electrons. The maximum Gasteiger partial charge on any atom is 0.310 e. The molecule has 0 amide bonds. The van der Waals surface area contributed by atoms with E-state index in [1.54, 1.807) is 30.3 Å². The lowest BCUT2D eigenvalue weighted by Crippen LogP contribution is -2.12. The van der Waals surface area contributed by atoms with Gasteiger partial charge in [0.2, 0.25) is 10.0 Å². The normalized spacial score (nSPS) is 11.7. The standard InChI is InChI=1S/C20H22ClN3O4S/c1-2-3-10-24-18-9-8-16(29(22,26)27)12-17(18)23-19(24)13-28-20(25)11-14-4-6-15(21)7-5-14/h4-9,12H,2-3,10-11,13H2,1H3,(H2,22,26,27). The number of sulfonamides is 1. The van der Waals surface area contributed by atoms with E-state index in [4.69, 9.17) is 21.5 Å². The lowest BCUT2D eigenvalue weighted by Gasteiger charge is -2.09. The summed E-state index contributed by atoms with van der Waals surface area (Å²) in [7, 11) is -3.82. The lowest BCUT2D eigenvalue weighted by atomic mass is 10.1. The van der Waals surface area contributed by atoms with Crippen LogP contribution >= 0.6 is 11.6 Å². The number of carbonyl (C=O) groups excluding carboxylic acids is 1. The Morgan fingerprint density at radius 3 is 2.59 bits per heavy atom. The summed E-state index contributed by atoms with van der Waals surface area (Å²) in [6.07, 6.45) is 2.01. The minimum Gasteiger partial charge on any atom is -0.457 e. The van der Waals surface area contributed by atoms with E-state index < -0.39 is 10.0 Å². The number of primary sulfonamides is 1. The minimum atomic E-state index is -3.82. The lowest BCUT2D eigenvalue weighted by molar-refractivity contribution is -0.144. The van der Waals surface area contributed by atoms with Crippen molar-refractivity contribution in [3.8, 4) is 0 Å². The van der Waals surface area contributed by atoms with Crippen molar-refractivity contribution in [3.63, 3.8) is 0 Å². The third-order valence-corrected chi connectivity index (χ3v) is 5.65. The zero-order valence-electron chi connectivity index (χ0n) is 16.0. The number of unbranched alkanes of at least 4 members (excludes halogenated alkanes) is 1. The first-order valence-electron chi connectivity index (χ1n) is 9.20. The Labute approximate surface area is 174 Å². The number of halogens is 1. The van der Waals surface area contributed by atoms with Crippen molar-refractivity contribution >= 4 is 38.6 Å². The average molecular weight is 436 g/mol. The van der Waals surface area contributed by atoms with Crippen LogP contribution in [0.3, 0.4) is 0 Å². The number of imidazole rings is 1. The zero-order valence-corrected chi connectivity index (χ0v) is 17.5. The molecule has 7 nitrogen and oxygen atoms in total. The molecule has 0 aliphatic carbocycles. The van der Waals surface area contributed by atoms with Crippen LogP contribution in [0, 0.1) is 0 Å². The molecule has 3 aromatic rings. The SMILES string of the molecule is CCCCn1c(COC(=O)Cc2ccc(Cl)cc2)nc2cc(S(N)(=O)=O)ccc21. The van der Waals surface area contributed by atoms with Crippen molar-refractivity contribution in [2.45, 2.75) is 44.2 Å². The van der Waals surface area contributed by atoms with E-state index in [9.17, 15) is 13.2 Å². The van der Waals surface area contributed by atoms with E-state index in [1.165, 1.54) is 12.1 Å². The van der Waals surface area contributed by atoms with Crippen molar-refractivity contribution in [1.29, 1.82) is 0 Å². The highest BCUT2D eigenvalue weighted by atomic mass is 35.5. The molecular formula is C20H22ClN3O4S. The Bertz CT molecular complexity index is 1120. The van der Waals surface area contributed by atoms with Gasteiger partial charge >= 0.3 is 5.97 Å². The molecular weight excluding hydrogens is 414 g/mol. The van der Waals surface area contributed by atoms with Crippen LogP contribution in [0.5, 0.6) is 0 Å². The topological polar surface area (TPSA) is 104 Å². The number of esters is 1. The van der Waals surface area contributed by atoms with Crippen molar-refractivity contribution in [1.82, 2.24) is 9.55 Å². The van der Waals surface area contributed by atoms with Gasteiger partial charge in [-0.05, 0) is 42.3 Å². The second-order valence-electron chi connectivity index (χ2n) is 6.69. The van der Waals surface area contributed by atoms with Crippen LogP contribution in [-0.2, 0) is 39.1 Å². The van der Waals surface area contributed by atoms with Gasteiger partial charge in [0.15, 0.2) is 0 Å². The highest BCUT2D eigenvalue weighted by Gasteiger charge is 2.16. The first-order chi connectivity index (χ1) is 13.8. The Morgan fingerprint density at radius 1 is 1.21 bits per heavy atom. The second kappa shape index (κ2) is 8.94. The molecule has 29 heavy (non-hydrogen) atoms. The van der Waals surface area contributed by atoms with Gasteiger partial charge in [-0.15, -0.1) is 0 Å². The first-order valence-corrected chi connectivity index (χ1v) is 11.1. The number of nitrogens with zero attached hydrogens (tertiary/aromatic N) is 2. The number of aromatic nitrogens is 2. The van der Waals surface area contributed by atoms with Crippen LogP contribution in [0.15, 0.2) is 47.4 Å². The van der Waals surface area contributed by atoms with Crippen LogP contribution in [0.4, 0.5) is 0 Å². The zero-order chi connectivity index (χ0) is 21.0. The van der Waals surface area contributed by atoms with Gasteiger partial charge in [-0.2, -0.15) is 0 Å². The molecule has 1 aromatic heterocycles. The summed E-state index contributed by atoms with van der Waals surface area (Å²) in [6.45, 7) is 2.76. The van der Waals surface area contributed by atoms with E-state index in [0.717, 1.165) is 23.9 Å². The van der Waals surface area contributed by atoms with Crippen LogP contribution in [0.1, 0.15) is 31.2 Å². The van der Waals surface area contributed by atoms with Crippen LogP contribution in [-0.4, -0.2) is 23.9 Å². The molecule has 2 N–H and O–H groups in total. The summed E-state index contributed by atoms with van der Waals surface area (Å²) in [5.74, 6) is 0.177. The number of fused-ring (bicyclic) bond motifs is 1. The molecule has 0 bridgehead atoms. The summed E-state index contributed by atoms with van der Waals surface area (Å²) in [5, 5.41) is 5.82. The van der Waals surface area contributed by atoms with Crippen LogP contribution < -0.4 is 5.14 Å². The number of aryl methyl sites for hydroxylation is 1. The number of benzene rings is 2. The number of rotatable bonds is 8. The number of hydrogen-bond donors (Lipinski definition) is 1.